The summed E-state index contributed by atoms with van der Waals surface area (Å²) in [6, 6.07) is 13.0. The van der Waals surface area contributed by atoms with Gasteiger partial charge in [-0.25, -0.2) is 0 Å². The summed E-state index contributed by atoms with van der Waals surface area (Å²) in [5.74, 6) is 0.487. The standard InChI is InChI=1S/C17H21ClN2/c1-13(2)20(12-15-7-5-4-6-8-15)17-9-14(3)19-11-16(17)10-18/h4-9,11,13H,10,12H2,1-3H3. The van der Waals surface area contributed by atoms with Crippen LogP contribution in [0.1, 0.15) is 30.7 Å². The molecule has 0 unspecified atom stereocenters. The molecule has 0 saturated carbocycles. The molecule has 0 N–H and O–H groups in total. The topological polar surface area (TPSA) is 16.1 Å². The molecule has 2 aromatic rings. The van der Waals surface area contributed by atoms with Crippen molar-refractivity contribution in [2.75, 3.05) is 4.90 Å². The van der Waals surface area contributed by atoms with Crippen molar-refractivity contribution < 1.29 is 0 Å². The number of aryl methyl sites for hydroxylation is 1. The summed E-state index contributed by atoms with van der Waals surface area (Å²) in [7, 11) is 0. The Labute approximate surface area is 126 Å². The number of halogens is 1. The highest BCUT2D eigenvalue weighted by atomic mass is 35.5. The third kappa shape index (κ3) is 3.51. The Kier molecular flexibility index (Phi) is 5.02. The van der Waals surface area contributed by atoms with Gasteiger partial charge >= 0.3 is 0 Å². The SMILES string of the molecule is Cc1cc(N(Cc2ccccc2)C(C)C)c(CCl)cn1. The maximum atomic E-state index is 6.07. The van der Waals surface area contributed by atoms with Crippen LogP contribution in [0.25, 0.3) is 0 Å². The zero-order chi connectivity index (χ0) is 14.5. The summed E-state index contributed by atoms with van der Waals surface area (Å²) in [6.07, 6.45) is 1.89. The quantitative estimate of drug-likeness (QED) is 0.751. The summed E-state index contributed by atoms with van der Waals surface area (Å²) in [5, 5.41) is 0. The number of nitrogens with zero attached hydrogens (tertiary/aromatic N) is 2. The van der Waals surface area contributed by atoms with Crippen LogP contribution in [-0.2, 0) is 12.4 Å². The van der Waals surface area contributed by atoms with Crippen LogP contribution in [-0.4, -0.2) is 11.0 Å². The van der Waals surface area contributed by atoms with E-state index in [1.54, 1.807) is 0 Å². The first-order chi connectivity index (χ1) is 9.61. The number of aromatic nitrogens is 1. The van der Waals surface area contributed by atoms with Gasteiger partial charge in [0, 0.05) is 35.7 Å². The highest BCUT2D eigenvalue weighted by Crippen LogP contribution is 2.26. The molecule has 1 aromatic heterocycles. The maximum absolute atomic E-state index is 6.07. The fraction of sp³-hybridized carbons (Fsp3) is 0.353. The molecule has 0 bridgehead atoms. The van der Waals surface area contributed by atoms with Gasteiger partial charge in [-0.3, -0.25) is 4.98 Å². The summed E-state index contributed by atoms with van der Waals surface area (Å²) in [5.41, 5.74) is 4.59. The van der Waals surface area contributed by atoms with Crippen LogP contribution in [0.5, 0.6) is 0 Å². The first kappa shape index (κ1) is 14.9. The lowest BCUT2D eigenvalue weighted by Crippen LogP contribution is -2.31. The van der Waals surface area contributed by atoms with Gasteiger partial charge in [0.25, 0.3) is 0 Å². The second kappa shape index (κ2) is 6.76. The van der Waals surface area contributed by atoms with Crippen LogP contribution in [0, 0.1) is 6.92 Å². The van der Waals surface area contributed by atoms with E-state index in [0.29, 0.717) is 11.9 Å². The Bertz CT molecular complexity index is 552. The number of hydrogen-bond acceptors (Lipinski definition) is 2. The van der Waals surface area contributed by atoms with Crippen molar-refractivity contribution in [1.82, 2.24) is 4.98 Å². The normalized spacial score (nSPS) is 10.8. The van der Waals surface area contributed by atoms with Gasteiger partial charge in [0.05, 0.1) is 5.88 Å². The lowest BCUT2D eigenvalue weighted by molar-refractivity contribution is 0.679. The minimum Gasteiger partial charge on any atom is -0.364 e. The monoisotopic (exact) mass is 288 g/mol. The molecule has 20 heavy (non-hydrogen) atoms. The van der Waals surface area contributed by atoms with Crippen molar-refractivity contribution in [3.8, 4) is 0 Å². The number of alkyl halides is 1. The van der Waals surface area contributed by atoms with Crippen molar-refractivity contribution >= 4 is 17.3 Å². The van der Waals surface area contributed by atoms with Gasteiger partial charge in [-0.2, -0.15) is 0 Å². The molecular formula is C17H21ClN2. The summed E-state index contributed by atoms with van der Waals surface area (Å²) < 4.78 is 0. The van der Waals surface area contributed by atoms with Gasteiger partial charge < -0.3 is 4.90 Å². The largest absolute Gasteiger partial charge is 0.364 e. The van der Waals surface area contributed by atoms with E-state index in [4.69, 9.17) is 11.6 Å². The fourth-order valence-corrected chi connectivity index (χ4v) is 2.48. The van der Waals surface area contributed by atoms with Gasteiger partial charge in [-0.05, 0) is 32.4 Å². The van der Waals surface area contributed by atoms with Gasteiger partial charge in [-0.15, -0.1) is 11.6 Å². The molecule has 0 radical (unpaired) electrons. The van der Waals surface area contributed by atoms with Crippen LogP contribution in [0.2, 0.25) is 0 Å². The van der Waals surface area contributed by atoms with Gasteiger partial charge in [0.15, 0.2) is 0 Å². The zero-order valence-electron chi connectivity index (χ0n) is 12.3. The fourth-order valence-electron chi connectivity index (χ4n) is 2.27. The van der Waals surface area contributed by atoms with Gasteiger partial charge in [0.1, 0.15) is 0 Å². The maximum Gasteiger partial charge on any atom is 0.0509 e. The molecule has 1 heterocycles. The molecule has 0 aliphatic heterocycles. The zero-order valence-corrected chi connectivity index (χ0v) is 13.1. The van der Waals surface area contributed by atoms with Crippen LogP contribution < -0.4 is 4.90 Å². The molecule has 2 nitrogen and oxygen atoms in total. The molecule has 3 heteroatoms. The van der Waals surface area contributed by atoms with E-state index in [9.17, 15) is 0 Å². The van der Waals surface area contributed by atoms with E-state index in [-0.39, 0.29) is 0 Å². The van der Waals surface area contributed by atoms with Crippen molar-refractivity contribution in [2.24, 2.45) is 0 Å². The van der Waals surface area contributed by atoms with Crippen molar-refractivity contribution in [2.45, 2.75) is 39.2 Å². The molecule has 2 rings (SSSR count). The summed E-state index contributed by atoms with van der Waals surface area (Å²) in [4.78, 5) is 6.72. The van der Waals surface area contributed by atoms with E-state index in [2.05, 4.69) is 54.1 Å². The molecule has 0 spiro atoms. The molecule has 0 fully saturated rings. The Hall–Kier alpha value is -1.54. The average Bonchev–Trinajstić information content (AvgIpc) is 2.45. The van der Waals surface area contributed by atoms with Crippen LogP contribution in [0.3, 0.4) is 0 Å². The number of pyridine rings is 1. The third-order valence-electron chi connectivity index (χ3n) is 3.37. The highest BCUT2D eigenvalue weighted by molar-refractivity contribution is 6.17. The number of benzene rings is 1. The van der Waals surface area contributed by atoms with Crippen molar-refractivity contribution in [3.63, 3.8) is 0 Å². The Morgan fingerprint density at radius 1 is 1.20 bits per heavy atom. The molecule has 0 atom stereocenters. The predicted molar refractivity (Wildman–Crippen MR) is 86.3 cm³/mol. The van der Waals surface area contributed by atoms with Crippen LogP contribution >= 0.6 is 11.6 Å². The molecule has 0 amide bonds. The van der Waals surface area contributed by atoms with E-state index in [1.807, 2.05) is 19.2 Å². The van der Waals surface area contributed by atoms with E-state index >= 15 is 0 Å². The predicted octanol–water partition coefficient (Wildman–Crippen LogP) is 4.54. The minimum absolute atomic E-state index is 0.402. The van der Waals surface area contributed by atoms with Crippen molar-refractivity contribution in [1.29, 1.82) is 0 Å². The Morgan fingerprint density at radius 3 is 2.50 bits per heavy atom. The van der Waals surface area contributed by atoms with Gasteiger partial charge in [0.2, 0.25) is 0 Å². The lowest BCUT2D eigenvalue weighted by atomic mass is 10.1. The number of anilines is 1. The first-order valence-corrected chi connectivity index (χ1v) is 7.47. The first-order valence-electron chi connectivity index (χ1n) is 6.94. The second-order valence-corrected chi connectivity index (χ2v) is 5.56. The summed E-state index contributed by atoms with van der Waals surface area (Å²) >= 11 is 6.07. The molecular weight excluding hydrogens is 268 g/mol. The highest BCUT2D eigenvalue weighted by Gasteiger charge is 2.15. The van der Waals surface area contributed by atoms with E-state index in [1.165, 1.54) is 11.3 Å². The van der Waals surface area contributed by atoms with Gasteiger partial charge in [-0.1, -0.05) is 30.3 Å². The third-order valence-corrected chi connectivity index (χ3v) is 3.66. The Morgan fingerprint density at radius 2 is 1.90 bits per heavy atom. The smallest absolute Gasteiger partial charge is 0.0509 e. The average molecular weight is 289 g/mol. The van der Waals surface area contributed by atoms with E-state index < -0.39 is 0 Å². The molecule has 106 valence electrons. The second-order valence-electron chi connectivity index (χ2n) is 5.30. The summed E-state index contributed by atoms with van der Waals surface area (Å²) in [6.45, 7) is 7.31. The number of hydrogen-bond donors (Lipinski definition) is 0. The van der Waals surface area contributed by atoms with Crippen molar-refractivity contribution in [3.05, 3.63) is 59.4 Å². The molecule has 0 aliphatic rings. The van der Waals surface area contributed by atoms with Crippen LogP contribution in [0.15, 0.2) is 42.6 Å². The molecule has 1 aromatic carbocycles. The minimum atomic E-state index is 0.402. The Balaban J connectivity index is 2.36. The molecule has 0 aliphatic carbocycles. The lowest BCUT2D eigenvalue weighted by Gasteiger charge is -2.31. The van der Waals surface area contributed by atoms with E-state index in [0.717, 1.165) is 17.8 Å². The number of rotatable bonds is 5. The van der Waals surface area contributed by atoms with Crippen LogP contribution in [0.4, 0.5) is 5.69 Å². The molecule has 0 saturated heterocycles.